The summed E-state index contributed by atoms with van der Waals surface area (Å²) in [6.45, 7) is 10.3. The van der Waals surface area contributed by atoms with Gasteiger partial charge in [-0.15, -0.1) is 0 Å². The van der Waals surface area contributed by atoms with Crippen molar-refractivity contribution in [3.05, 3.63) is 41.6 Å². The van der Waals surface area contributed by atoms with Gasteiger partial charge < -0.3 is 10.2 Å². The van der Waals surface area contributed by atoms with Crippen molar-refractivity contribution in [2.75, 3.05) is 24.5 Å². The van der Waals surface area contributed by atoms with Gasteiger partial charge in [-0.3, -0.25) is 0 Å². The summed E-state index contributed by atoms with van der Waals surface area (Å²) in [7, 11) is 0. The number of anilines is 1. The number of nitrogens with zero attached hydrogens (tertiary/aromatic N) is 1. The fourth-order valence-electron chi connectivity index (χ4n) is 3.37. The second-order valence-electron chi connectivity index (χ2n) is 6.65. The van der Waals surface area contributed by atoms with Crippen LogP contribution in [0.4, 0.5) is 5.69 Å². The van der Waals surface area contributed by atoms with Crippen molar-refractivity contribution < 1.29 is 0 Å². The van der Waals surface area contributed by atoms with Crippen LogP contribution in [0.15, 0.2) is 30.5 Å². The Hall–Kier alpha value is -1.44. The quantitative estimate of drug-likeness (QED) is 0.874. The van der Waals surface area contributed by atoms with Crippen LogP contribution in [0.2, 0.25) is 0 Å². The van der Waals surface area contributed by atoms with Gasteiger partial charge in [0.15, 0.2) is 0 Å². The van der Waals surface area contributed by atoms with Gasteiger partial charge in [-0.05, 0) is 42.7 Å². The molecule has 2 aliphatic rings. The Morgan fingerprint density at radius 3 is 2.95 bits per heavy atom. The minimum atomic E-state index is 0.277. The maximum Gasteiger partial charge on any atom is 0.0408 e. The first-order valence-corrected chi connectivity index (χ1v) is 7.32. The third-order valence-corrected chi connectivity index (χ3v) is 4.41. The molecule has 0 fully saturated rings. The highest BCUT2D eigenvalue weighted by Gasteiger charge is 2.35. The van der Waals surface area contributed by atoms with E-state index in [0.29, 0.717) is 5.92 Å². The van der Waals surface area contributed by atoms with Gasteiger partial charge in [0.25, 0.3) is 0 Å². The van der Waals surface area contributed by atoms with Crippen LogP contribution in [0.25, 0.3) is 0 Å². The molecule has 0 spiro atoms. The van der Waals surface area contributed by atoms with Crippen molar-refractivity contribution in [2.24, 2.45) is 5.92 Å². The molecule has 0 aliphatic carbocycles. The van der Waals surface area contributed by atoms with Crippen LogP contribution in [-0.2, 0) is 5.41 Å². The summed E-state index contributed by atoms with van der Waals surface area (Å²) in [5.74, 6) is 0.684. The molecular formula is C17H24N2. The van der Waals surface area contributed by atoms with Crippen LogP contribution in [0.5, 0.6) is 0 Å². The molecule has 102 valence electrons. The summed E-state index contributed by atoms with van der Waals surface area (Å²) >= 11 is 0. The number of rotatable bonds is 2. The molecule has 2 heterocycles. The van der Waals surface area contributed by atoms with E-state index >= 15 is 0 Å². The van der Waals surface area contributed by atoms with Gasteiger partial charge in [0.1, 0.15) is 0 Å². The summed E-state index contributed by atoms with van der Waals surface area (Å²) in [4.78, 5) is 2.59. The lowest BCUT2D eigenvalue weighted by Gasteiger charge is -2.27. The molecule has 1 unspecified atom stereocenters. The van der Waals surface area contributed by atoms with E-state index in [4.69, 9.17) is 0 Å². The topological polar surface area (TPSA) is 15.3 Å². The molecule has 1 aromatic carbocycles. The largest absolute Gasteiger partial charge is 0.391 e. The van der Waals surface area contributed by atoms with Gasteiger partial charge in [-0.25, -0.2) is 0 Å². The summed E-state index contributed by atoms with van der Waals surface area (Å²) in [6.07, 6.45) is 5.69. The molecule has 0 saturated heterocycles. The Morgan fingerprint density at radius 1 is 1.37 bits per heavy atom. The molecule has 1 N–H and O–H groups in total. The van der Waals surface area contributed by atoms with Crippen molar-refractivity contribution in [3.63, 3.8) is 0 Å². The number of hydrogen-bond acceptors (Lipinski definition) is 2. The number of nitrogens with one attached hydrogen (secondary N) is 1. The Labute approximate surface area is 116 Å². The first-order chi connectivity index (χ1) is 9.06. The van der Waals surface area contributed by atoms with Crippen molar-refractivity contribution in [2.45, 2.75) is 32.6 Å². The number of fused-ring (bicyclic) bond motifs is 1. The molecule has 2 nitrogen and oxygen atoms in total. The van der Waals surface area contributed by atoms with Crippen LogP contribution in [0.3, 0.4) is 0 Å². The van der Waals surface area contributed by atoms with Crippen LogP contribution < -0.4 is 10.2 Å². The number of aryl methyl sites for hydroxylation is 1. The zero-order valence-electron chi connectivity index (χ0n) is 12.2. The molecule has 1 atom stereocenters. The smallest absolute Gasteiger partial charge is 0.0408 e. The Kier molecular flexibility index (Phi) is 3.04. The highest BCUT2D eigenvalue weighted by molar-refractivity contribution is 5.63. The molecule has 2 aliphatic heterocycles. The predicted molar refractivity (Wildman–Crippen MR) is 81.7 cm³/mol. The zero-order valence-corrected chi connectivity index (χ0v) is 12.2. The van der Waals surface area contributed by atoms with Gasteiger partial charge in [0, 0.05) is 30.7 Å². The molecule has 0 saturated carbocycles. The maximum absolute atomic E-state index is 3.29. The monoisotopic (exact) mass is 256 g/mol. The van der Waals surface area contributed by atoms with E-state index in [-0.39, 0.29) is 5.41 Å². The van der Waals surface area contributed by atoms with E-state index in [0.717, 1.165) is 19.6 Å². The van der Waals surface area contributed by atoms with Crippen LogP contribution >= 0.6 is 0 Å². The molecule has 2 heteroatoms. The normalized spacial score (nSPS) is 24.2. The van der Waals surface area contributed by atoms with Gasteiger partial charge in [-0.2, -0.15) is 0 Å². The second kappa shape index (κ2) is 4.59. The SMILES string of the molecule is Cc1ccc2c(c1)N(CC1C=CNCC1)CC2(C)C. The zero-order chi connectivity index (χ0) is 13.5. The minimum Gasteiger partial charge on any atom is -0.391 e. The summed E-state index contributed by atoms with van der Waals surface area (Å²) in [6, 6.07) is 6.92. The first kappa shape index (κ1) is 12.6. The lowest BCUT2D eigenvalue weighted by Crippen LogP contribution is -2.34. The van der Waals surface area contributed by atoms with E-state index in [1.54, 1.807) is 0 Å². The molecule has 19 heavy (non-hydrogen) atoms. The average molecular weight is 256 g/mol. The van der Waals surface area contributed by atoms with E-state index in [1.165, 1.54) is 23.2 Å². The second-order valence-corrected chi connectivity index (χ2v) is 6.65. The highest BCUT2D eigenvalue weighted by Crippen LogP contribution is 2.41. The molecular weight excluding hydrogens is 232 g/mol. The van der Waals surface area contributed by atoms with Gasteiger partial charge in [-0.1, -0.05) is 32.1 Å². The van der Waals surface area contributed by atoms with Crippen molar-refractivity contribution in [3.8, 4) is 0 Å². The highest BCUT2D eigenvalue weighted by atomic mass is 15.2. The molecule has 1 aromatic rings. The molecule has 0 bridgehead atoms. The summed E-state index contributed by atoms with van der Waals surface area (Å²) in [5.41, 5.74) is 4.61. The fraction of sp³-hybridized carbons (Fsp3) is 0.529. The lowest BCUT2D eigenvalue weighted by atomic mass is 9.87. The van der Waals surface area contributed by atoms with Gasteiger partial charge in [0.05, 0.1) is 0 Å². The van der Waals surface area contributed by atoms with Crippen molar-refractivity contribution in [1.82, 2.24) is 5.32 Å². The van der Waals surface area contributed by atoms with Crippen molar-refractivity contribution >= 4 is 5.69 Å². The summed E-state index contributed by atoms with van der Waals surface area (Å²) < 4.78 is 0. The maximum atomic E-state index is 3.29. The number of benzene rings is 1. The van der Waals surface area contributed by atoms with Crippen LogP contribution in [-0.4, -0.2) is 19.6 Å². The van der Waals surface area contributed by atoms with Crippen LogP contribution in [0, 0.1) is 12.8 Å². The standard InChI is InChI=1S/C17H24N2/c1-13-4-5-15-16(10-13)19(12-17(15,2)3)11-14-6-8-18-9-7-14/h4-6,8,10,14,18H,7,9,11-12H2,1-3H3. The minimum absolute atomic E-state index is 0.277. The van der Waals surface area contributed by atoms with Gasteiger partial charge in [0.2, 0.25) is 0 Å². The Morgan fingerprint density at radius 2 is 2.21 bits per heavy atom. The molecule has 0 radical (unpaired) electrons. The van der Waals surface area contributed by atoms with Crippen LogP contribution in [0.1, 0.15) is 31.4 Å². The molecule has 3 rings (SSSR count). The molecule has 0 aromatic heterocycles. The Balaban J connectivity index is 1.86. The van der Waals surface area contributed by atoms with E-state index < -0.39 is 0 Å². The van der Waals surface area contributed by atoms with E-state index in [9.17, 15) is 0 Å². The van der Waals surface area contributed by atoms with E-state index in [2.05, 4.69) is 61.5 Å². The van der Waals surface area contributed by atoms with Gasteiger partial charge >= 0.3 is 0 Å². The number of hydrogen-bond donors (Lipinski definition) is 1. The Bertz CT molecular complexity index is 502. The molecule has 0 amide bonds. The summed E-state index contributed by atoms with van der Waals surface area (Å²) in [5, 5.41) is 3.29. The first-order valence-electron chi connectivity index (χ1n) is 7.32. The van der Waals surface area contributed by atoms with Crippen molar-refractivity contribution in [1.29, 1.82) is 0 Å². The third-order valence-electron chi connectivity index (χ3n) is 4.41. The fourth-order valence-corrected chi connectivity index (χ4v) is 3.37. The predicted octanol–water partition coefficient (Wildman–Crippen LogP) is 3.22. The third kappa shape index (κ3) is 2.36. The van der Waals surface area contributed by atoms with E-state index in [1.807, 2.05) is 0 Å². The average Bonchev–Trinajstić information content (AvgIpc) is 2.62. The lowest BCUT2D eigenvalue weighted by molar-refractivity contribution is 0.500.